The van der Waals surface area contributed by atoms with Crippen LogP contribution in [0.4, 0.5) is 9.59 Å². The molecular weight excluding hydrogens is 334 g/mol. The summed E-state index contributed by atoms with van der Waals surface area (Å²) in [7, 11) is 0. The molecule has 3 saturated heterocycles. The average Bonchev–Trinajstić information content (AvgIpc) is 2.84. The van der Waals surface area contributed by atoms with E-state index in [1.54, 1.807) is 0 Å². The highest BCUT2D eigenvalue weighted by atomic mass is 16.5. The molecule has 3 rings (SSSR count). The fourth-order valence-corrected chi connectivity index (χ4v) is 3.56. The number of nitrogens with zero attached hydrogens (tertiary/aromatic N) is 3. The lowest BCUT2D eigenvalue weighted by atomic mass is 9.96. The number of carbonyl (C=O) groups excluding carboxylic acids is 3. The van der Waals surface area contributed by atoms with Crippen molar-refractivity contribution in [3.05, 3.63) is 0 Å². The van der Waals surface area contributed by atoms with Crippen LogP contribution in [0.25, 0.3) is 0 Å². The Morgan fingerprint density at radius 2 is 1.64 bits per heavy atom. The quantitative estimate of drug-likeness (QED) is 0.377. The van der Waals surface area contributed by atoms with Crippen molar-refractivity contribution < 1.29 is 29.5 Å². The van der Waals surface area contributed by atoms with E-state index in [1.807, 2.05) is 0 Å². The van der Waals surface area contributed by atoms with Crippen LogP contribution in [0, 0.1) is 5.92 Å². The van der Waals surface area contributed by atoms with E-state index in [9.17, 15) is 24.4 Å². The Hall–Kier alpha value is -2.56. The molecule has 0 saturated carbocycles. The highest BCUT2D eigenvalue weighted by Crippen LogP contribution is 2.28. The molecule has 0 aromatic carbocycles. The molecule has 11 nitrogen and oxygen atoms in total. The second-order valence-corrected chi connectivity index (χ2v) is 6.55. The molecule has 0 spiro atoms. The van der Waals surface area contributed by atoms with Crippen molar-refractivity contribution in [3.63, 3.8) is 0 Å². The summed E-state index contributed by atoms with van der Waals surface area (Å²) < 4.78 is 0. The van der Waals surface area contributed by atoms with Gasteiger partial charge in [0.05, 0.1) is 6.04 Å². The lowest BCUT2D eigenvalue weighted by Gasteiger charge is -2.31. The highest BCUT2D eigenvalue weighted by molar-refractivity contribution is 5.90. The van der Waals surface area contributed by atoms with Gasteiger partial charge in [0.1, 0.15) is 6.04 Å². The maximum atomic E-state index is 12.3. The second-order valence-electron chi connectivity index (χ2n) is 6.55. The third kappa shape index (κ3) is 3.31. The molecule has 2 atom stereocenters. The number of nitrogens with one attached hydrogen (secondary N) is 2. The van der Waals surface area contributed by atoms with Crippen LogP contribution in [0.3, 0.4) is 0 Å². The van der Waals surface area contributed by atoms with Crippen molar-refractivity contribution in [2.24, 2.45) is 5.92 Å². The first kappa shape index (κ1) is 17.3. The molecule has 0 aromatic heterocycles. The summed E-state index contributed by atoms with van der Waals surface area (Å²) in [6, 6.07) is -1.62. The zero-order chi connectivity index (χ0) is 18.1. The molecule has 25 heavy (non-hydrogen) atoms. The SMILES string of the molecule is O=C(NNC(=O)[C@@H]1CC[C@@H]2CN1C(=O)N2O)C1CCN(C(=O)O)CC1. The van der Waals surface area contributed by atoms with E-state index >= 15 is 0 Å². The van der Waals surface area contributed by atoms with Crippen LogP contribution in [-0.4, -0.2) is 80.8 Å². The number of carboxylic acid groups (broad SMARTS) is 1. The number of carbonyl (C=O) groups is 4. The molecule has 4 N–H and O–H groups in total. The largest absolute Gasteiger partial charge is 0.465 e. The Morgan fingerprint density at radius 1 is 1.00 bits per heavy atom. The van der Waals surface area contributed by atoms with Crippen molar-refractivity contribution in [2.75, 3.05) is 19.6 Å². The summed E-state index contributed by atoms with van der Waals surface area (Å²) in [4.78, 5) is 49.6. The third-order valence-electron chi connectivity index (χ3n) is 5.09. The predicted molar refractivity (Wildman–Crippen MR) is 81.1 cm³/mol. The normalized spacial score (nSPS) is 26.6. The van der Waals surface area contributed by atoms with Gasteiger partial charge in [-0.1, -0.05) is 0 Å². The molecule has 0 aliphatic carbocycles. The topological polar surface area (TPSA) is 143 Å². The van der Waals surface area contributed by atoms with Crippen LogP contribution in [0.5, 0.6) is 0 Å². The van der Waals surface area contributed by atoms with E-state index in [4.69, 9.17) is 5.11 Å². The zero-order valence-corrected chi connectivity index (χ0v) is 13.6. The summed E-state index contributed by atoms with van der Waals surface area (Å²) >= 11 is 0. The van der Waals surface area contributed by atoms with Crippen LogP contribution in [0.2, 0.25) is 0 Å². The van der Waals surface area contributed by atoms with Gasteiger partial charge < -0.3 is 14.9 Å². The van der Waals surface area contributed by atoms with Gasteiger partial charge in [-0.2, -0.15) is 0 Å². The maximum absolute atomic E-state index is 12.3. The minimum Gasteiger partial charge on any atom is -0.465 e. The number of piperidine rings is 2. The van der Waals surface area contributed by atoms with Gasteiger partial charge in [-0.3, -0.25) is 25.6 Å². The third-order valence-corrected chi connectivity index (χ3v) is 5.09. The highest BCUT2D eigenvalue weighted by Gasteiger charge is 2.46. The van der Waals surface area contributed by atoms with Crippen LogP contribution in [-0.2, 0) is 9.59 Å². The Balaban J connectivity index is 1.47. The van der Waals surface area contributed by atoms with Gasteiger partial charge in [0.2, 0.25) is 5.91 Å². The maximum Gasteiger partial charge on any atom is 0.407 e. The number of hydrazine groups is 1. The fourth-order valence-electron chi connectivity index (χ4n) is 3.56. The van der Waals surface area contributed by atoms with Gasteiger partial charge in [0.15, 0.2) is 0 Å². The van der Waals surface area contributed by atoms with Gasteiger partial charge in [0, 0.05) is 25.6 Å². The van der Waals surface area contributed by atoms with Crippen LogP contribution in [0.15, 0.2) is 0 Å². The molecule has 11 heteroatoms. The van der Waals surface area contributed by atoms with Gasteiger partial charge in [-0.05, 0) is 25.7 Å². The van der Waals surface area contributed by atoms with Gasteiger partial charge >= 0.3 is 12.1 Å². The Bertz CT molecular complexity index is 590. The Labute approximate surface area is 143 Å². The predicted octanol–water partition coefficient (Wildman–Crippen LogP) is -0.818. The van der Waals surface area contributed by atoms with Crippen LogP contribution >= 0.6 is 0 Å². The first-order valence-corrected chi connectivity index (χ1v) is 8.24. The average molecular weight is 355 g/mol. The van der Waals surface area contributed by atoms with E-state index < -0.39 is 24.1 Å². The van der Waals surface area contributed by atoms with Crippen molar-refractivity contribution >= 4 is 23.9 Å². The molecule has 5 amide bonds. The van der Waals surface area contributed by atoms with Crippen LogP contribution < -0.4 is 10.9 Å². The number of likely N-dealkylation sites (tertiary alicyclic amines) is 1. The van der Waals surface area contributed by atoms with E-state index in [1.165, 1.54) is 9.80 Å². The summed E-state index contributed by atoms with van der Waals surface area (Å²) in [5, 5.41) is 19.2. The monoisotopic (exact) mass is 355 g/mol. The van der Waals surface area contributed by atoms with Crippen molar-refractivity contribution in [1.82, 2.24) is 25.7 Å². The minimum atomic E-state index is -1.00. The smallest absolute Gasteiger partial charge is 0.407 e. The van der Waals surface area contributed by atoms with Crippen molar-refractivity contribution in [3.8, 4) is 0 Å². The van der Waals surface area contributed by atoms with E-state index in [-0.39, 0.29) is 37.5 Å². The number of amides is 5. The lowest BCUT2D eigenvalue weighted by Crippen LogP contribution is -2.55. The number of rotatable bonds is 2. The lowest BCUT2D eigenvalue weighted by molar-refractivity contribution is -0.134. The summed E-state index contributed by atoms with van der Waals surface area (Å²) in [5.74, 6) is -1.24. The van der Waals surface area contributed by atoms with Gasteiger partial charge in [-0.15, -0.1) is 0 Å². The molecule has 0 aromatic rings. The first-order valence-electron chi connectivity index (χ1n) is 8.24. The minimum absolute atomic E-state index is 0.278. The molecule has 3 fully saturated rings. The Kier molecular flexibility index (Phi) is 4.66. The summed E-state index contributed by atoms with van der Waals surface area (Å²) in [5.41, 5.74) is 4.70. The number of urea groups is 1. The molecule has 0 radical (unpaired) electrons. The molecule has 138 valence electrons. The van der Waals surface area contributed by atoms with E-state index in [2.05, 4.69) is 10.9 Å². The molecule has 3 aliphatic rings. The van der Waals surface area contributed by atoms with Gasteiger partial charge in [-0.25, -0.2) is 14.7 Å². The van der Waals surface area contributed by atoms with E-state index in [0.29, 0.717) is 30.7 Å². The standard InChI is InChI=1S/C14H21N5O6/c20-11(8-3-5-17(6-4-8)14(23)24)15-16-12(21)10-2-1-9-7-18(10)13(22)19(9)25/h8-10,25H,1-7H2,(H,15,20)(H,16,21)(H,23,24)/t9-,10+/m1/s1. The molecule has 3 heterocycles. The first-order chi connectivity index (χ1) is 11.9. The van der Waals surface area contributed by atoms with Crippen molar-refractivity contribution in [1.29, 1.82) is 0 Å². The number of hydrogen-bond acceptors (Lipinski definition) is 5. The van der Waals surface area contributed by atoms with Crippen molar-refractivity contribution in [2.45, 2.75) is 37.8 Å². The molecular formula is C14H21N5O6. The number of hydrogen-bond donors (Lipinski definition) is 4. The Morgan fingerprint density at radius 3 is 2.28 bits per heavy atom. The molecule has 2 bridgehead atoms. The summed E-state index contributed by atoms with van der Waals surface area (Å²) in [6.45, 7) is 0.842. The van der Waals surface area contributed by atoms with Gasteiger partial charge in [0.25, 0.3) is 5.91 Å². The number of fused-ring (bicyclic) bond motifs is 2. The second kappa shape index (κ2) is 6.75. The summed E-state index contributed by atoms with van der Waals surface area (Å²) in [6.07, 6.45) is 0.702. The fraction of sp³-hybridized carbons (Fsp3) is 0.714. The number of hydroxylamine groups is 2. The zero-order valence-electron chi connectivity index (χ0n) is 13.6. The van der Waals surface area contributed by atoms with Crippen LogP contribution in [0.1, 0.15) is 25.7 Å². The molecule has 0 unspecified atom stereocenters. The van der Waals surface area contributed by atoms with E-state index in [0.717, 1.165) is 0 Å². The molecule has 3 aliphatic heterocycles.